The third-order valence-corrected chi connectivity index (χ3v) is 3.50. The summed E-state index contributed by atoms with van der Waals surface area (Å²) < 4.78 is 39.9. The molecular weight excluding hydrogens is 257 g/mol. The number of nitrogens with one attached hydrogen (secondary N) is 1. The van der Waals surface area contributed by atoms with Crippen molar-refractivity contribution in [3.8, 4) is 0 Å². The molecule has 1 atom stereocenters. The molecule has 0 bridgehead atoms. The van der Waals surface area contributed by atoms with Crippen LogP contribution < -0.4 is 5.32 Å². The highest BCUT2D eigenvalue weighted by Crippen LogP contribution is 2.22. The molecule has 1 aliphatic heterocycles. The van der Waals surface area contributed by atoms with Gasteiger partial charge in [0.2, 0.25) is 0 Å². The summed E-state index contributed by atoms with van der Waals surface area (Å²) >= 11 is 0. The summed E-state index contributed by atoms with van der Waals surface area (Å²) in [7, 11) is 0. The van der Waals surface area contributed by atoms with E-state index in [2.05, 4.69) is 28.8 Å². The van der Waals surface area contributed by atoms with Crippen LogP contribution in [0.1, 0.15) is 34.1 Å². The van der Waals surface area contributed by atoms with Crippen LogP contribution in [0.5, 0.6) is 0 Å². The first-order chi connectivity index (χ1) is 8.60. The predicted octanol–water partition coefficient (Wildman–Crippen LogP) is 2.62. The largest absolute Gasteiger partial charge is 0.522 e. The van der Waals surface area contributed by atoms with E-state index in [1.54, 1.807) is 0 Å². The molecule has 0 aliphatic carbocycles. The average molecular weight is 282 g/mol. The maximum Gasteiger partial charge on any atom is 0.522 e. The zero-order chi connectivity index (χ0) is 14.7. The number of piperazine rings is 1. The van der Waals surface area contributed by atoms with Gasteiger partial charge in [0.1, 0.15) is 0 Å². The summed E-state index contributed by atoms with van der Waals surface area (Å²) in [5.74, 6) is 0.576. The first-order valence-electron chi connectivity index (χ1n) is 6.79. The van der Waals surface area contributed by atoms with Gasteiger partial charge in [0.25, 0.3) is 0 Å². The number of ether oxygens (including phenoxy) is 1. The smallest absolute Gasteiger partial charge is 0.311 e. The second-order valence-electron chi connectivity index (χ2n) is 6.26. The highest BCUT2D eigenvalue weighted by Gasteiger charge is 2.35. The summed E-state index contributed by atoms with van der Waals surface area (Å²) in [4.78, 5) is 2.09. The number of hydrogen-bond donors (Lipinski definition) is 1. The minimum absolute atomic E-state index is 0.136. The number of halogens is 3. The fourth-order valence-corrected chi connectivity index (χ4v) is 2.48. The Labute approximate surface area is 113 Å². The number of alkyl halides is 3. The molecule has 0 radical (unpaired) electrons. The fraction of sp³-hybridized carbons (Fsp3) is 1.00. The van der Waals surface area contributed by atoms with Gasteiger partial charge in [-0.1, -0.05) is 13.8 Å². The SMILES string of the molecule is CC(C)CC1CN(CCOC(F)(F)F)C(C)(C)CN1. The van der Waals surface area contributed by atoms with E-state index in [0.717, 1.165) is 19.5 Å². The first-order valence-corrected chi connectivity index (χ1v) is 6.79. The van der Waals surface area contributed by atoms with Crippen LogP contribution in [0.25, 0.3) is 0 Å². The molecule has 0 amide bonds. The summed E-state index contributed by atoms with van der Waals surface area (Å²) in [6, 6.07) is 0.346. The Kier molecular flexibility index (Phi) is 5.65. The van der Waals surface area contributed by atoms with E-state index in [1.165, 1.54) is 0 Å². The van der Waals surface area contributed by atoms with E-state index in [1.807, 2.05) is 13.8 Å². The van der Waals surface area contributed by atoms with Crippen molar-refractivity contribution in [3.63, 3.8) is 0 Å². The summed E-state index contributed by atoms with van der Waals surface area (Å²) in [5.41, 5.74) is -0.136. The predicted molar refractivity (Wildman–Crippen MR) is 68.9 cm³/mol. The van der Waals surface area contributed by atoms with Gasteiger partial charge >= 0.3 is 6.36 Å². The molecule has 1 heterocycles. The van der Waals surface area contributed by atoms with E-state index < -0.39 is 6.36 Å². The van der Waals surface area contributed by atoms with E-state index >= 15 is 0 Å². The maximum atomic E-state index is 12.0. The van der Waals surface area contributed by atoms with E-state index in [-0.39, 0.29) is 12.1 Å². The van der Waals surface area contributed by atoms with Crippen LogP contribution >= 0.6 is 0 Å². The second-order valence-corrected chi connectivity index (χ2v) is 6.26. The zero-order valence-corrected chi connectivity index (χ0v) is 12.2. The van der Waals surface area contributed by atoms with Crippen molar-refractivity contribution in [2.24, 2.45) is 5.92 Å². The van der Waals surface area contributed by atoms with Crippen LogP contribution in [0, 0.1) is 5.92 Å². The zero-order valence-electron chi connectivity index (χ0n) is 12.2. The van der Waals surface area contributed by atoms with Gasteiger partial charge in [-0.3, -0.25) is 9.64 Å². The van der Waals surface area contributed by atoms with Crippen molar-refractivity contribution >= 4 is 0 Å². The molecule has 1 N–H and O–H groups in total. The average Bonchev–Trinajstić information content (AvgIpc) is 2.20. The highest BCUT2D eigenvalue weighted by molar-refractivity contribution is 4.92. The van der Waals surface area contributed by atoms with Crippen molar-refractivity contribution in [1.29, 1.82) is 0 Å². The summed E-state index contributed by atoms with van der Waals surface area (Å²) in [6.45, 7) is 9.95. The van der Waals surface area contributed by atoms with Gasteiger partial charge in [0.15, 0.2) is 0 Å². The normalized spacial score (nSPS) is 24.9. The van der Waals surface area contributed by atoms with Crippen LogP contribution in [-0.2, 0) is 4.74 Å². The molecule has 19 heavy (non-hydrogen) atoms. The topological polar surface area (TPSA) is 24.5 Å². The second kappa shape index (κ2) is 6.41. The Bertz CT molecular complexity index is 280. The lowest BCUT2D eigenvalue weighted by atomic mass is 9.94. The molecule has 0 aromatic heterocycles. The molecule has 0 aromatic carbocycles. The molecular formula is C13H25F3N2O. The minimum Gasteiger partial charge on any atom is -0.311 e. The van der Waals surface area contributed by atoms with Crippen LogP contribution in [0.4, 0.5) is 13.2 Å². The van der Waals surface area contributed by atoms with Gasteiger partial charge in [-0.15, -0.1) is 13.2 Å². The Balaban J connectivity index is 2.47. The van der Waals surface area contributed by atoms with Crippen molar-refractivity contribution in [3.05, 3.63) is 0 Å². The van der Waals surface area contributed by atoms with Gasteiger partial charge in [0.05, 0.1) is 6.61 Å². The molecule has 6 heteroatoms. The van der Waals surface area contributed by atoms with Crippen LogP contribution in [-0.4, -0.2) is 49.1 Å². The third-order valence-electron chi connectivity index (χ3n) is 3.50. The highest BCUT2D eigenvalue weighted by atomic mass is 19.4. The summed E-state index contributed by atoms with van der Waals surface area (Å²) in [6.07, 6.45) is -3.50. The van der Waals surface area contributed by atoms with Crippen LogP contribution in [0.3, 0.4) is 0 Å². The fourth-order valence-electron chi connectivity index (χ4n) is 2.48. The van der Waals surface area contributed by atoms with Gasteiger partial charge in [-0.05, 0) is 26.2 Å². The Morgan fingerprint density at radius 2 is 2.00 bits per heavy atom. The maximum absolute atomic E-state index is 12.0. The number of rotatable bonds is 5. The van der Waals surface area contributed by atoms with Crippen LogP contribution in [0.15, 0.2) is 0 Å². The molecule has 1 unspecified atom stereocenters. The number of nitrogens with zero attached hydrogens (tertiary/aromatic N) is 1. The minimum atomic E-state index is -4.53. The monoisotopic (exact) mass is 282 g/mol. The van der Waals surface area contributed by atoms with Crippen molar-refractivity contribution in [2.45, 2.75) is 52.1 Å². The number of hydrogen-bond acceptors (Lipinski definition) is 3. The standard InChI is InChI=1S/C13H25F3N2O/c1-10(2)7-11-8-18(12(3,4)9-17-11)5-6-19-13(14,15)16/h10-11,17H,5-9H2,1-4H3. The molecule has 1 fully saturated rings. The lowest BCUT2D eigenvalue weighted by molar-refractivity contribution is -0.325. The van der Waals surface area contributed by atoms with Gasteiger partial charge in [-0.2, -0.15) is 0 Å². The van der Waals surface area contributed by atoms with Crippen molar-refractivity contribution in [1.82, 2.24) is 10.2 Å². The lowest BCUT2D eigenvalue weighted by Crippen LogP contribution is -2.62. The third kappa shape index (κ3) is 6.10. The molecule has 1 saturated heterocycles. The molecule has 0 aromatic rings. The Morgan fingerprint density at radius 1 is 1.37 bits per heavy atom. The van der Waals surface area contributed by atoms with Gasteiger partial charge < -0.3 is 5.32 Å². The molecule has 3 nitrogen and oxygen atoms in total. The van der Waals surface area contributed by atoms with E-state index in [0.29, 0.717) is 18.5 Å². The molecule has 0 saturated carbocycles. The van der Waals surface area contributed by atoms with E-state index in [4.69, 9.17) is 0 Å². The van der Waals surface area contributed by atoms with Gasteiger partial charge in [-0.25, -0.2) is 0 Å². The van der Waals surface area contributed by atoms with Gasteiger partial charge in [0, 0.05) is 31.2 Å². The Morgan fingerprint density at radius 3 is 2.53 bits per heavy atom. The summed E-state index contributed by atoms with van der Waals surface area (Å²) in [5, 5.41) is 3.47. The molecule has 1 aliphatic rings. The van der Waals surface area contributed by atoms with Crippen LogP contribution in [0.2, 0.25) is 0 Å². The van der Waals surface area contributed by atoms with E-state index in [9.17, 15) is 13.2 Å². The van der Waals surface area contributed by atoms with Crippen molar-refractivity contribution < 1.29 is 17.9 Å². The molecule has 0 spiro atoms. The lowest BCUT2D eigenvalue weighted by Gasteiger charge is -2.46. The van der Waals surface area contributed by atoms with Crippen molar-refractivity contribution in [2.75, 3.05) is 26.2 Å². The quantitative estimate of drug-likeness (QED) is 0.839. The Hall–Kier alpha value is -0.330. The first kappa shape index (κ1) is 16.7. The molecule has 1 rings (SSSR count). The molecule has 114 valence electrons.